The highest BCUT2D eigenvalue weighted by molar-refractivity contribution is 7.89. The molecule has 3 heterocycles. The normalized spacial score (nSPS) is 14.9. The number of sulfonamides is 1. The Balaban J connectivity index is 1.77. The number of benzene rings is 1. The van der Waals surface area contributed by atoms with Gasteiger partial charge in [0.1, 0.15) is 0 Å². The molecule has 0 amide bonds. The highest BCUT2D eigenvalue weighted by Gasteiger charge is 2.32. The lowest BCUT2D eigenvalue weighted by Crippen LogP contribution is -2.38. The molecule has 0 saturated heterocycles. The number of hydrogen-bond acceptors (Lipinski definition) is 5. The summed E-state index contributed by atoms with van der Waals surface area (Å²) in [4.78, 5) is 4.50. The second-order valence-electron chi connectivity index (χ2n) is 6.25. The molecule has 2 aromatic heterocycles. The number of hydrogen-bond donors (Lipinski definition) is 1. The molecule has 1 aromatic carbocycles. The summed E-state index contributed by atoms with van der Waals surface area (Å²) in [6.45, 7) is 2.43. The Bertz CT molecular complexity index is 1180. The van der Waals surface area contributed by atoms with E-state index in [1.54, 1.807) is 35.9 Å². The number of rotatable bonds is 2. The molecule has 1 aliphatic rings. The monoisotopic (exact) mass is 368 g/mol. The predicted octanol–water partition coefficient (Wildman–Crippen LogP) is 2.13. The van der Waals surface area contributed by atoms with E-state index < -0.39 is 10.0 Å². The summed E-state index contributed by atoms with van der Waals surface area (Å²) in [6, 6.07) is 10.1. The molecule has 0 radical (unpaired) electrons. The van der Waals surface area contributed by atoms with Gasteiger partial charge in [0, 0.05) is 19.3 Å². The first-order valence-corrected chi connectivity index (χ1v) is 9.53. The largest absolute Gasteiger partial charge is 0.494 e. The zero-order valence-electron chi connectivity index (χ0n) is 14.0. The van der Waals surface area contributed by atoms with Crippen LogP contribution in [0.15, 0.2) is 41.4 Å². The molecule has 7 nitrogen and oxygen atoms in total. The van der Waals surface area contributed by atoms with Crippen molar-refractivity contribution in [3.05, 3.63) is 53.3 Å². The van der Waals surface area contributed by atoms with Gasteiger partial charge in [-0.3, -0.25) is 4.98 Å². The third kappa shape index (κ3) is 2.36. The highest BCUT2D eigenvalue weighted by atomic mass is 32.2. The van der Waals surface area contributed by atoms with Gasteiger partial charge in [0.15, 0.2) is 0 Å². The number of aromatic nitrogens is 2. The minimum absolute atomic E-state index is 0.120. The topological polar surface area (TPSA) is 99.2 Å². The molecule has 1 N–H and O–H groups in total. The summed E-state index contributed by atoms with van der Waals surface area (Å²) in [5.74, 6) is 0.120. The molecule has 0 atom stereocenters. The zero-order chi connectivity index (χ0) is 18.5. The van der Waals surface area contributed by atoms with Crippen LogP contribution in [0.5, 0.6) is 5.88 Å². The van der Waals surface area contributed by atoms with E-state index in [-0.39, 0.29) is 23.9 Å². The summed E-state index contributed by atoms with van der Waals surface area (Å²) in [5, 5.41) is 20.0. The van der Waals surface area contributed by atoms with Crippen molar-refractivity contribution in [1.29, 1.82) is 5.26 Å². The third-order valence-electron chi connectivity index (χ3n) is 4.72. The Morgan fingerprint density at radius 3 is 2.81 bits per heavy atom. The van der Waals surface area contributed by atoms with Crippen molar-refractivity contribution < 1.29 is 13.5 Å². The zero-order valence-corrected chi connectivity index (χ0v) is 14.9. The van der Waals surface area contributed by atoms with Gasteiger partial charge in [-0.1, -0.05) is 0 Å². The van der Waals surface area contributed by atoms with Crippen LogP contribution in [0.25, 0.3) is 10.9 Å². The second kappa shape index (κ2) is 5.83. The van der Waals surface area contributed by atoms with Gasteiger partial charge in [0.2, 0.25) is 15.9 Å². The fourth-order valence-corrected chi connectivity index (χ4v) is 5.03. The van der Waals surface area contributed by atoms with Crippen LogP contribution in [-0.2, 0) is 23.1 Å². The molecule has 0 fully saturated rings. The first-order chi connectivity index (χ1) is 12.4. The molecule has 0 aliphatic carbocycles. The van der Waals surface area contributed by atoms with Gasteiger partial charge in [0.05, 0.1) is 39.7 Å². The standard InChI is InChI=1S/C18H16N4O3S/c1-12-9-13(10-19)4-5-16(12)26(24,25)21-7-8-22-15(11-21)17-14(18(22)23)3-2-6-20-17/h2-6,9,23H,7-8,11H2,1H3. The molecule has 0 unspecified atom stereocenters. The maximum absolute atomic E-state index is 13.1. The van der Waals surface area contributed by atoms with E-state index in [2.05, 4.69) is 4.98 Å². The summed E-state index contributed by atoms with van der Waals surface area (Å²) in [7, 11) is -3.72. The van der Waals surface area contributed by atoms with E-state index >= 15 is 0 Å². The quantitative estimate of drug-likeness (QED) is 0.747. The maximum Gasteiger partial charge on any atom is 0.243 e. The molecule has 26 heavy (non-hydrogen) atoms. The average Bonchev–Trinajstić information content (AvgIpc) is 2.94. The van der Waals surface area contributed by atoms with Gasteiger partial charge < -0.3 is 9.67 Å². The average molecular weight is 368 g/mol. The molecule has 1 aliphatic heterocycles. The summed E-state index contributed by atoms with van der Waals surface area (Å²) in [6.07, 6.45) is 1.63. The van der Waals surface area contributed by atoms with Gasteiger partial charge in [-0.25, -0.2) is 8.42 Å². The minimum atomic E-state index is -3.72. The van der Waals surface area contributed by atoms with E-state index in [9.17, 15) is 13.5 Å². The Labute approximate surface area is 150 Å². The highest BCUT2D eigenvalue weighted by Crippen LogP contribution is 2.34. The van der Waals surface area contributed by atoms with Crippen molar-refractivity contribution in [2.45, 2.75) is 24.9 Å². The predicted molar refractivity (Wildman–Crippen MR) is 94.9 cm³/mol. The second-order valence-corrected chi connectivity index (χ2v) is 8.16. The van der Waals surface area contributed by atoms with Gasteiger partial charge in [0.25, 0.3) is 0 Å². The number of nitrogens with zero attached hydrogens (tertiary/aromatic N) is 4. The van der Waals surface area contributed by atoms with E-state index in [1.165, 1.54) is 16.4 Å². The van der Waals surface area contributed by atoms with Crippen LogP contribution in [-0.4, -0.2) is 33.9 Å². The Hall–Kier alpha value is -2.89. The van der Waals surface area contributed by atoms with E-state index in [4.69, 9.17) is 5.26 Å². The van der Waals surface area contributed by atoms with Crippen molar-refractivity contribution in [3.63, 3.8) is 0 Å². The summed E-state index contributed by atoms with van der Waals surface area (Å²) < 4.78 is 29.3. The van der Waals surface area contributed by atoms with E-state index in [0.717, 1.165) is 0 Å². The lowest BCUT2D eigenvalue weighted by atomic mass is 10.2. The van der Waals surface area contributed by atoms with E-state index in [0.29, 0.717) is 34.3 Å². The molecular weight excluding hydrogens is 352 g/mol. The van der Waals surface area contributed by atoms with Crippen LogP contribution in [0, 0.1) is 18.3 Å². The Morgan fingerprint density at radius 2 is 2.08 bits per heavy atom. The molecule has 3 aromatic rings. The number of fused-ring (bicyclic) bond motifs is 3. The molecule has 4 rings (SSSR count). The Morgan fingerprint density at radius 1 is 1.27 bits per heavy atom. The lowest BCUT2D eigenvalue weighted by molar-refractivity contribution is 0.317. The molecular formula is C18H16N4O3S. The number of nitriles is 1. The van der Waals surface area contributed by atoms with Crippen LogP contribution < -0.4 is 0 Å². The van der Waals surface area contributed by atoms with Crippen LogP contribution in [0.1, 0.15) is 16.8 Å². The molecule has 0 spiro atoms. The summed E-state index contributed by atoms with van der Waals surface area (Å²) in [5.41, 5.74) is 2.26. The van der Waals surface area contributed by atoms with Crippen molar-refractivity contribution in [1.82, 2.24) is 13.9 Å². The summed E-state index contributed by atoms with van der Waals surface area (Å²) >= 11 is 0. The molecule has 8 heteroatoms. The lowest BCUT2D eigenvalue weighted by Gasteiger charge is -2.28. The van der Waals surface area contributed by atoms with Crippen LogP contribution in [0.3, 0.4) is 0 Å². The molecule has 0 saturated carbocycles. The van der Waals surface area contributed by atoms with E-state index in [1.807, 2.05) is 6.07 Å². The molecule has 0 bridgehead atoms. The number of aromatic hydroxyl groups is 1. The minimum Gasteiger partial charge on any atom is -0.494 e. The van der Waals surface area contributed by atoms with Crippen LogP contribution in [0.4, 0.5) is 0 Å². The van der Waals surface area contributed by atoms with Crippen LogP contribution >= 0.6 is 0 Å². The van der Waals surface area contributed by atoms with Crippen molar-refractivity contribution in [3.8, 4) is 11.9 Å². The van der Waals surface area contributed by atoms with Gasteiger partial charge >= 0.3 is 0 Å². The first-order valence-electron chi connectivity index (χ1n) is 8.09. The fraction of sp³-hybridized carbons (Fsp3) is 0.222. The fourth-order valence-electron chi connectivity index (χ4n) is 3.43. The Kier molecular flexibility index (Phi) is 3.72. The van der Waals surface area contributed by atoms with Crippen molar-refractivity contribution >= 4 is 20.9 Å². The first kappa shape index (κ1) is 16.6. The number of pyridine rings is 1. The third-order valence-corrected chi connectivity index (χ3v) is 6.73. The molecule has 132 valence electrons. The van der Waals surface area contributed by atoms with Gasteiger partial charge in [-0.15, -0.1) is 0 Å². The smallest absolute Gasteiger partial charge is 0.243 e. The maximum atomic E-state index is 13.1. The van der Waals surface area contributed by atoms with Crippen LogP contribution in [0.2, 0.25) is 0 Å². The van der Waals surface area contributed by atoms with Crippen molar-refractivity contribution in [2.75, 3.05) is 6.54 Å². The van der Waals surface area contributed by atoms with Gasteiger partial charge in [-0.2, -0.15) is 9.57 Å². The number of aryl methyl sites for hydroxylation is 1. The SMILES string of the molecule is Cc1cc(C#N)ccc1S(=O)(=O)N1CCn2c(O)c3cccnc3c2C1. The van der Waals surface area contributed by atoms with Crippen molar-refractivity contribution in [2.24, 2.45) is 0 Å². The van der Waals surface area contributed by atoms with Gasteiger partial charge in [-0.05, 0) is 42.8 Å².